The first-order valence-electron chi connectivity index (χ1n) is 8.69. The Morgan fingerprint density at radius 1 is 1.15 bits per heavy atom. The number of hydrogen-bond donors (Lipinski definition) is 0. The van der Waals surface area contributed by atoms with Crippen LogP contribution in [0.15, 0.2) is 53.4 Å². The van der Waals surface area contributed by atoms with E-state index in [1.165, 1.54) is 16.4 Å². The quantitative estimate of drug-likeness (QED) is 0.762. The number of para-hydroxylation sites is 1. The highest BCUT2D eigenvalue weighted by molar-refractivity contribution is 7.89. The topological polar surface area (TPSA) is 66.9 Å². The van der Waals surface area contributed by atoms with Crippen LogP contribution in [-0.4, -0.2) is 51.5 Å². The highest BCUT2D eigenvalue weighted by Crippen LogP contribution is 2.27. The number of carbonyl (C=O) groups is 1. The summed E-state index contributed by atoms with van der Waals surface area (Å²) in [6.45, 7) is 3.53. The van der Waals surface area contributed by atoms with Crippen LogP contribution in [0, 0.1) is 0 Å². The van der Waals surface area contributed by atoms with Crippen LogP contribution < -0.4 is 4.90 Å². The van der Waals surface area contributed by atoms with Gasteiger partial charge < -0.3 is 9.64 Å². The molecule has 1 fully saturated rings. The minimum Gasteiger partial charge on any atom is -0.379 e. The van der Waals surface area contributed by atoms with Crippen LogP contribution in [-0.2, 0) is 14.8 Å². The average Bonchev–Trinajstić information content (AvgIpc) is 2.70. The zero-order valence-corrected chi connectivity index (χ0v) is 16.5. The maximum Gasteiger partial charge on any atom is 0.258 e. The van der Waals surface area contributed by atoms with Crippen molar-refractivity contribution >= 4 is 33.2 Å². The molecule has 2 aromatic carbocycles. The first-order valence-corrected chi connectivity index (χ1v) is 10.5. The van der Waals surface area contributed by atoms with E-state index in [1.807, 2.05) is 37.3 Å². The molecule has 0 saturated carbocycles. The van der Waals surface area contributed by atoms with Crippen molar-refractivity contribution in [3.63, 3.8) is 0 Å². The predicted octanol–water partition coefficient (Wildman–Crippen LogP) is 3.03. The number of carbonyl (C=O) groups excluding carboxylic acids is 1. The van der Waals surface area contributed by atoms with Gasteiger partial charge in [0.15, 0.2) is 0 Å². The molecular weight excluding hydrogens is 388 g/mol. The second-order valence-electron chi connectivity index (χ2n) is 6.05. The van der Waals surface area contributed by atoms with Crippen LogP contribution in [0.5, 0.6) is 0 Å². The van der Waals surface area contributed by atoms with E-state index < -0.39 is 10.0 Å². The number of anilines is 1. The summed E-state index contributed by atoms with van der Waals surface area (Å²) in [5.41, 5.74) is 1.02. The second kappa shape index (κ2) is 8.39. The van der Waals surface area contributed by atoms with Crippen LogP contribution in [0.3, 0.4) is 0 Å². The van der Waals surface area contributed by atoms with Crippen molar-refractivity contribution < 1.29 is 17.9 Å². The number of amides is 1. The van der Waals surface area contributed by atoms with Crippen molar-refractivity contribution in [3.05, 3.63) is 59.1 Å². The van der Waals surface area contributed by atoms with Gasteiger partial charge in [-0.25, -0.2) is 8.42 Å². The van der Waals surface area contributed by atoms with E-state index in [9.17, 15) is 13.2 Å². The highest BCUT2D eigenvalue weighted by Gasteiger charge is 2.29. The van der Waals surface area contributed by atoms with Crippen LogP contribution >= 0.6 is 11.6 Å². The molecule has 0 aliphatic carbocycles. The zero-order chi connectivity index (χ0) is 19.4. The van der Waals surface area contributed by atoms with Crippen LogP contribution in [0.2, 0.25) is 5.02 Å². The summed E-state index contributed by atoms with van der Waals surface area (Å²) in [4.78, 5) is 14.5. The van der Waals surface area contributed by atoms with Gasteiger partial charge in [0.2, 0.25) is 10.0 Å². The van der Waals surface area contributed by atoms with E-state index in [1.54, 1.807) is 11.0 Å². The summed E-state index contributed by atoms with van der Waals surface area (Å²) in [7, 11) is -3.80. The largest absolute Gasteiger partial charge is 0.379 e. The number of morpholine rings is 1. The van der Waals surface area contributed by atoms with Crippen LogP contribution in [0.25, 0.3) is 0 Å². The van der Waals surface area contributed by atoms with Gasteiger partial charge >= 0.3 is 0 Å². The maximum absolute atomic E-state index is 13.0. The molecule has 0 N–H and O–H groups in total. The fraction of sp³-hybridized carbons (Fsp3) is 0.316. The summed E-state index contributed by atoms with van der Waals surface area (Å²) in [5.74, 6) is -0.279. The molecule has 0 aromatic heterocycles. The van der Waals surface area contributed by atoms with Crippen molar-refractivity contribution in [3.8, 4) is 0 Å². The van der Waals surface area contributed by atoms with Crippen molar-refractivity contribution in [1.29, 1.82) is 0 Å². The number of nitrogens with zero attached hydrogens (tertiary/aromatic N) is 2. The first-order chi connectivity index (χ1) is 12.9. The smallest absolute Gasteiger partial charge is 0.258 e. The van der Waals surface area contributed by atoms with Gasteiger partial charge in [0.05, 0.1) is 18.2 Å². The number of halogens is 1. The standard InChI is InChI=1S/C19H21ClN2O4S/c1-2-22(16-6-4-3-5-7-16)19(23)15-8-9-17(20)18(14-15)27(24,25)21-10-12-26-13-11-21/h3-9,14H,2,10-13H2,1H3. The Labute approximate surface area is 164 Å². The van der Waals surface area contributed by atoms with Crippen LogP contribution in [0.1, 0.15) is 17.3 Å². The molecule has 144 valence electrons. The molecule has 0 atom stereocenters. The van der Waals surface area contributed by atoms with E-state index in [4.69, 9.17) is 16.3 Å². The Hall–Kier alpha value is -1.93. The lowest BCUT2D eigenvalue weighted by Gasteiger charge is -2.27. The minimum absolute atomic E-state index is 0.0546. The monoisotopic (exact) mass is 408 g/mol. The van der Waals surface area contributed by atoms with Crippen LogP contribution in [0.4, 0.5) is 5.69 Å². The highest BCUT2D eigenvalue weighted by atomic mass is 35.5. The van der Waals surface area contributed by atoms with Gasteiger partial charge in [-0.1, -0.05) is 29.8 Å². The molecular formula is C19H21ClN2O4S. The molecule has 27 heavy (non-hydrogen) atoms. The minimum atomic E-state index is -3.80. The van der Waals surface area contributed by atoms with Gasteiger partial charge in [-0.3, -0.25) is 4.79 Å². The Bertz CT molecular complexity index is 913. The van der Waals surface area contributed by atoms with Gasteiger partial charge in [0, 0.05) is 30.9 Å². The Morgan fingerprint density at radius 2 is 1.81 bits per heavy atom. The molecule has 1 aliphatic heterocycles. The molecule has 0 bridgehead atoms. The van der Waals surface area contributed by atoms with E-state index in [0.29, 0.717) is 19.8 Å². The Morgan fingerprint density at radius 3 is 2.44 bits per heavy atom. The molecule has 3 rings (SSSR count). The average molecular weight is 409 g/mol. The maximum atomic E-state index is 13.0. The van der Waals surface area contributed by atoms with E-state index in [0.717, 1.165) is 5.69 Å². The van der Waals surface area contributed by atoms with Gasteiger partial charge in [-0.05, 0) is 37.3 Å². The summed E-state index contributed by atoms with van der Waals surface area (Å²) >= 11 is 6.17. The summed E-state index contributed by atoms with van der Waals surface area (Å²) < 4.78 is 32.5. The second-order valence-corrected chi connectivity index (χ2v) is 8.36. The van der Waals surface area contributed by atoms with Crippen molar-refractivity contribution in [2.45, 2.75) is 11.8 Å². The number of rotatable bonds is 5. The molecule has 8 heteroatoms. The fourth-order valence-corrected chi connectivity index (χ4v) is 4.88. The van der Waals surface area contributed by atoms with Crippen molar-refractivity contribution in [2.24, 2.45) is 0 Å². The van der Waals surface area contributed by atoms with Crippen molar-refractivity contribution in [2.75, 3.05) is 37.7 Å². The fourth-order valence-electron chi connectivity index (χ4n) is 2.97. The summed E-state index contributed by atoms with van der Waals surface area (Å²) in [6.07, 6.45) is 0. The van der Waals surface area contributed by atoms with E-state index in [2.05, 4.69) is 0 Å². The third kappa shape index (κ3) is 4.16. The Kier molecular flexibility index (Phi) is 6.16. The van der Waals surface area contributed by atoms with Gasteiger partial charge in [-0.2, -0.15) is 4.31 Å². The molecule has 1 amide bonds. The lowest BCUT2D eigenvalue weighted by atomic mass is 10.2. The predicted molar refractivity (Wildman–Crippen MR) is 105 cm³/mol. The lowest BCUT2D eigenvalue weighted by molar-refractivity contribution is 0.0730. The summed E-state index contributed by atoms with van der Waals surface area (Å²) in [5, 5.41) is 0.0980. The Balaban J connectivity index is 1.96. The zero-order valence-electron chi connectivity index (χ0n) is 15.0. The molecule has 1 aliphatic rings. The van der Waals surface area contributed by atoms with E-state index >= 15 is 0 Å². The number of hydrogen-bond acceptors (Lipinski definition) is 4. The number of ether oxygens (including phenoxy) is 1. The molecule has 0 unspecified atom stereocenters. The van der Waals surface area contributed by atoms with Crippen molar-refractivity contribution in [1.82, 2.24) is 4.31 Å². The molecule has 1 saturated heterocycles. The molecule has 0 spiro atoms. The van der Waals surface area contributed by atoms with E-state index in [-0.39, 0.29) is 34.5 Å². The van der Waals surface area contributed by atoms with Gasteiger partial charge in [-0.15, -0.1) is 0 Å². The SMILES string of the molecule is CCN(C(=O)c1ccc(Cl)c(S(=O)(=O)N2CCOCC2)c1)c1ccccc1. The summed E-state index contributed by atoms with van der Waals surface area (Å²) in [6, 6.07) is 13.6. The third-order valence-corrected chi connectivity index (χ3v) is 6.78. The number of sulfonamides is 1. The molecule has 0 radical (unpaired) electrons. The first kappa shape index (κ1) is 19.8. The normalized spacial score (nSPS) is 15.5. The lowest BCUT2D eigenvalue weighted by Crippen LogP contribution is -2.40. The molecule has 6 nitrogen and oxygen atoms in total. The third-order valence-electron chi connectivity index (χ3n) is 4.40. The molecule has 1 heterocycles. The molecule has 2 aromatic rings. The van der Waals surface area contributed by atoms with Gasteiger partial charge in [0.1, 0.15) is 4.90 Å². The number of benzene rings is 2. The van der Waals surface area contributed by atoms with Gasteiger partial charge in [0.25, 0.3) is 5.91 Å².